The minimum atomic E-state index is -3.72. The topological polar surface area (TPSA) is 60.8 Å². The van der Waals surface area contributed by atoms with Crippen molar-refractivity contribution in [3.63, 3.8) is 0 Å². The number of rotatable bonds is 4. The lowest BCUT2D eigenvalue weighted by atomic mass is 10.2. The van der Waals surface area contributed by atoms with Crippen molar-refractivity contribution in [3.8, 4) is 0 Å². The maximum absolute atomic E-state index is 12.8. The highest BCUT2D eigenvalue weighted by Gasteiger charge is 2.42. The summed E-state index contributed by atoms with van der Waals surface area (Å²) in [6.07, 6.45) is 1.37. The normalized spacial score (nSPS) is 24.1. The van der Waals surface area contributed by atoms with Crippen LogP contribution in [0.1, 0.15) is 12.8 Å². The third kappa shape index (κ3) is 2.39. The van der Waals surface area contributed by atoms with E-state index in [9.17, 15) is 13.6 Å². The lowest BCUT2D eigenvalue weighted by Crippen LogP contribution is -2.45. The van der Waals surface area contributed by atoms with Crippen molar-refractivity contribution in [3.05, 3.63) is 0 Å². The van der Waals surface area contributed by atoms with E-state index in [1.807, 2.05) is 0 Å². The summed E-state index contributed by atoms with van der Waals surface area (Å²) >= 11 is 0. The average molecular weight is 209 g/mol. The van der Waals surface area contributed by atoms with E-state index in [2.05, 4.69) is 0 Å². The van der Waals surface area contributed by atoms with Crippen LogP contribution in [0.25, 0.3) is 0 Å². The molecule has 1 heterocycles. The Labute approximate surface area is 80.1 Å². The van der Waals surface area contributed by atoms with Crippen LogP contribution in [0.5, 0.6) is 0 Å². The minimum Gasteiger partial charge on any atom is -0.477 e. The van der Waals surface area contributed by atoms with Crippen LogP contribution in [0.15, 0.2) is 0 Å². The summed E-state index contributed by atoms with van der Waals surface area (Å²) < 4.78 is 25.6. The second-order valence-electron chi connectivity index (χ2n) is 3.46. The summed E-state index contributed by atoms with van der Waals surface area (Å²) in [4.78, 5) is 11.5. The average Bonchev–Trinajstić information content (AvgIpc) is 2.50. The van der Waals surface area contributed by atoms with Gasteiger partial charge in [0.1, 0.15) is 0 Å². The van der Waals surface area contributed by atoms with E-state index in [1.165, 1.54) is 4.90 Å². The molecule has 2 N–H and O–H groups in total. The highest BCUT2D eigenvalue weighted by atomic mass is 19.3. The van der Waals surface area contributed by atoms with Crippen LogP contribution in [0.4, 0.5) is 8.78 Å². The molecule has 1 unspecified atom stereocenters. The third-order valence-corrected chi connectivity index (χ3v) is 2.42. The van der Waals surface area contributed by atoms with E-state index < -0.39 is 18.4 Å². The Kier molecular flexibility index (Phi) is 3.38. The third-order valence-electron chi connectivity index (χ3n) is 2.42. The predicted molar refractivity (Wildman–Crippen MR) is 44.3 cm³/mol. The number of halogens is 2. The molecule has 6 heteroatoms. The maximum Gasteiger partial charge on any atom is 0.375 e. The molecule has 0 saturated carbocycles. The van der Waals surface area contributed by atoms with Gasteiger partial charge in [0, 0.05) is 6.04 Å². The molecule has 1 fully saturated rings. The van der Waals surface area contributed by atoms with Gasteiger partial charge in [0.05, 0.1) is 13.2 Å². The van der Waals surface area contributed by atoms with Crippen LogP contribution in [0.2, 0.25) is 0 Å². The second-order valence-corrected chi connectivity index (χ2v) is 3.46. The zero-order valence-corrected chi connectivity index (χ0v) is 7.62. The Balaban J connectivity index is 2.54. The van der Waals surface area contributed by atoms with Crippen molar-refractivity contribution < 1.29 is 23.8 Å². The van der Waals surface area contributed by atoms with Gasteiger partial charge in [0.15, 0.2) is 0 Å². The van der Waals surface area contributed by atoms with Crippen LogP contribution in [0, 0.1) is 0 Å². The molecule has 0 amide bonds. The standard InChI is InChI=1S/C8H13F2NO3/c9-8(10,7(13)14)5-11-3-1-2-6(11)4-12/h6,12H,1-5H2,(H,13,14). The van der Waals surface area contributed by atoms with Gasteiger partial charge in [-0.3, -0.25) is 4.90 Å². The zero-order chi connectivity index (χ0) is 10.8. The van der Waals surface area contributed by atoms with E-state index in [0.29, 0.717) is 13.0 Å². The molecule has 4 nitrogen and oxygen atoms in total. The molecule has 0 aromatic carbocycles. The summed E-state index contributed by atoms with van der Waals surface area (Å²) in [5.74, 6) is -5.83. The monoisotopic (exact) mass is 209 g/mol. The smallest absolute Gasteiger partial charge is 0.375 e. The van der Waals surface area contributed by atoms with E-state index in [4.69, 9.17) is 10.2 Å². The first-order valence-electron chi connectivity index (χ1n) is 4.43. The number of carbonyl (C=O) groups is 1. The van der Waals surface area contributed by atoms with E-state index in [-0.39, 0.29) is 12.6 Å². The Bertz CT molecular complexity index is 223. The molecule has 82 valence electrons. The van der Waals surface area contributed by atoms with Gasteiger partial charge in [0.2, 0.25) is 0 Å². The number of carboxylic acid groups (broad SMARTS) is 1. The number of hydrogen-bond acceptors (Lipinski definition) is 3. The van der Waals surface area contributed by atoms with Gasteiger partial charge in [-0.2, -0.15) is 8.78 Å². The van der Waals surface area contributed by atoms with Crippen molar-refractivity contribution in [2.45, 2.75) is 24.8 Å². The number of nitrogens with zero attached hydrogens (tertiary/aromatic N) is 1. The fourth-order valence-corrected chi connectivity index (χ4v) is 1.63. The molecule has 1 atom stereocenters. The molecular weight excluding hydrogens is 196 g/mol. The molecule has 0 bridgehead atoms. The second kappa shape index (κ2) is 4.18. The summed E-state index contributed by atoms with van der Waals surface area (Å²) in [6.45, 7) is -0.586. The van der Waals surface area contributed by atoms with Crippen molar-refractivity contribution in [1.29, 1.82) is 0 Å². The van der Waals surface area contributed by atoms with E-state index >= 15 is 0 Å². The number of aliphatic hydroxyl groups excluding tert-OH is 1. The summed E-state index contributed by atoms with van der Waals surface area (Å²) in [5.41, 5.74) is 0. The first-order chi connectivity index (χ1) is 6.47. The molecular formula is C8H13F2NO3. The number of hydrogen-bond donors (Lipinski definition) is 2. The number of aliphatic hydroxyl groups is 1. The first kappa shape index (κ1) is 11.3. The Morgan fingerprint density at radius 1 is 1.57 bits per heavy atom. The van der Waals surface area contributed by atoms with Crippen molar-refractivity contribution >= 4 is 5.97 Å². The predicted octanol–water partition coefficient (Wildman–Crippen LogP) is 0.163. The van der Waals surface area contributed by atoms with Gasteiger partial charge >= 0.3 is 11.9 Å². The Morgan fingerprint density at radius 3 is 2.71 bits per heavy atom. The Morgan fingerprint density at radius 2 is 2.21 bits per heavy atom. The fraction of sp³-hybridized carbons (Fsp3) is 0.875. The Hall–Kier alpha value is -0.750. The maximum atomic E-state index is 12.8. The van der Waals surface area contributed by atoms with Crippen molar-refractivity contribution in [2.75, 3.05) is 19.7 Å². The van der Waals surface area contributed by atoms with E-state index in [0.717, 1.165) is 6.42 Å². The fourth-order valence-electron chi connectivity index (χ4n) is 1.63. The van der Waals surface area contributed by atoms with E-state index in [1.54, 1.807) is 0 Å². The number of aliphatic carboxylic acids is 1. The number of likely N-dealkylation sites (tertiary alicyclic amines) is 1. The highest BCUT2D eigenvalue weighted by Crippen LogP contribution is 2.23. The molecule has 0 aliphatic carbocycles. The van der Waals surface area contributed by atoms with Crippen LogP contribution in [0.3, 0.4) is 0 Å². The largest absolute Gasteiger partial charge is 0.477 e. The van der Waals surface area contributed by atoms with Crippen LogP contribution < -0.4 is 0 Å². The van der Waals surface area contributed by atoms with Crippen molar-refractivity contribution in [2.24, 2.45) is 0 Å². The van der Waals surface area contributed by atoms with Crippen molar-refractivity contribution in [1.82, 2.24) is 4.90 Å². The molecule has 1 rings (SSSR count). The van der Waals surface area contributed by atoms with Gasteiger partial charge < -0.3 is 10.2 Å². The van der Waals surface area contributed by atoms with Crippen LogP contribution in [-0.4, -0.2) is 52.7 Å². The minimum absolute atomic E-state index is 0.199. The highest BCUT2D eigenvalue weighted by molar-refractivity contribution is 5.75. The van der Waals surface area contributed by atoms with Gasteiger partial charge in [-0.1, -0.05) is 0 Å². The first-order valence-corrected chi connectivity index (χ1v) is 4.43. The van der Waals surface area contributed by atoms with Crippen LogP contribution in [-0.2, 0) is 4.79 Å². The molecule has 1 aliphatic heterocycles. The molecule has 0 aromatic heterocycles. The van der Waals surface area contributed by atoms with Gasteiger partial charge in [-0.15, -0.1) is 0 Å². The summed E-state index contributed by atoms with van der Waals surface area (Å²) in [6, 6.07) is -0.319. The lowest BCUT2D eigenvalue weighted by Gasteiger charge is -2.25. The quantitative estimate of drug-likeness (QED) is 0.692. The molecule has 0 aromatic rings. The zero-order valence-electron chi connectivity index (χ0n) is 7.62. The molecule has 1 aliphatic rings. The lowest BCUT2D eigenvalue weighted by molar-refractivity contribution is -0.167. The molecule has 14 heavy (non-hydrogen) atoms. The van der Waals surface area contributed by atoms with Gasteiger partial charge in [-0.05, 0) is 19.4 Å². The number of carboxylic acids is 1. The summed E-state index contributed by atoms with van der Waals surface area (Å²) in [5, 5.41) is 17.1. The molecule has 0 spiro atoms. The summed E-state index contributed by atoms with van der Waals surface area (Å²) in [7, 11) is 0. The molecule has 1 saturated heterocycles. The van der Waals surface area contributed by atoms with Gasteiger partial charge in [0.25, 0.3) is 0 Å². The SMILES string of the molecule is O=C(O)C(F)(F)CN1CCCC1CO. The van der Waals surface area contributed by atoms with Gasteiger partial charge in [-0.25, -0.2) is 4.79 Å². The molecule has 0 radical (unpaired) electrons. The van der Waals surface area contributed by atoms with Crippen LogP contribution >= 0.6 is 0 Å². The number of alkyl halides is 2.